The van der Waals surface area contributed by atoms with Gasteiger partial charge in [0.2, 0.25) is 0 Å². The Balaban J connectivity index is 2.25. The summed E-state index contributed by atoms with van der Waals surface area (Å²) >= 11 is 0. The number of hydrogen-bond donors (Lipinski definition) is 0. The molecular weight excluding hydrogens is 376 g/mol. The number of ether oxygens (including phenoxy) is 2. The Morgan fingerprint density at radius 3 is 1.43 bits per heavy atom. The molecule has 1 rings (SSSR count). The number of rotatable bonds is 18. The molecule has 0 saturated heterocycles. The Labute approximate surface area is 185 Å². The lowest BCUT2D eigenvalue weighted by Gasteiger charge is -2.36. The van der Waals surface area contributed by atoms with E-state index in [1.807, 2.05) is 0 Å². The minimum absolute atomic E-state index is 0.0890. The molecule has 0 aromatic rings. The Morgan fingerprint density at radius 2 is 1.00 bits per heavy atom. The predicted molar refractivity (Wildman–Crippen MR) is 123 cm³/mol. The molecule has 4 heteroatoms. The van der Waals surface area contributed by atoms with Crippen molar-refractivity contribution in [1.82, 2.24) is 0 Å². The van der Waals surface area contributed by atoms with Crippen LogP contribution in [0, 0.1) is 5.41 Å². The summed E-state index contributed by atoms with van der Waals surface area (Å²) in [5.74, 6) is -0.178. The third-order valence-corrected chi connectivity index (χ3v) is 6.46. The number of hydrogen-bond acceptors (Lipinski definition) is 4. The summed E-state index contributed by atoms with van der Waals surface area (Å²) in [4.78, 5) is 24.3. The number of esters is 2. The van der Waals surface area contributed by atoms with Crippen molar-refractivity contribution >= 4 is 11.9 Å². The minimum atomic E-state index is -0.161. The number of unbranched alkanes of at least 4 members (excludes halogenated alkanes) is 10. The molecule has 0 atom stereocenters. The highest BCUT2D eigenvalue weighted by molar-refractivity contribution is 5.69. The van der Waals surface area contributed by atoms with Crippen molar-refractivity contribution < 1.29 is 19.1 Å². The molecular formula is C26H48O4. The SMILES string of the molecule is CCCCCCCCC(=O)OCC1(COC(=O)CCCCCCCC)CCCCC1. The second-order valence-electron chi connectivity index (χ2n) is 9.42. The number of carbonyl (C=O) groups excluding carboxylic acids is 2. The quantitative estimate of drug-likeness (QED) is 0.169. The molecule has 30 heavy (non-hydrogen) atoms. The summed E-state index contributed by atoms with van der Waals surface area (Å²) in [6.45, 7) is 5.24. The van der Waals surface area contributed by atoms with Crippen molar-refractivity contribution in [2.24, 2.45) is 5.41 Å². The van der Waals surface area contributed by atoms with Crippen molar-refractivity contribution in [3.05, 3.63) is 0 Å². The first-order chi connectivity index (χ1) is 14.6. The highest BCUT2D eigenvalue weighted by Gasteiger charge is 2.35. The van der Waals surface area contributed by atoms with Crippen molar-refractivity contribution in [2.75, 3.05) is 13.2 Å². The summed E-state index contributed by atoms with van der Waals surface area (Å²) < 4.78 is 11.3. The molecule has 0 aromatic carbocycles. The topological polar surface area (TPSA) is 52.6 Å². The van der Waals surface area contributed by atoms with E-state index in [4.69, 9.17) is 9.47 Å². The van der Waals surface area contributed by atoms with E-state index in [0.717, 1.165) is 51.4 Å². The van der Waals surface area contributed by atoms with Gasteiger partial charge in [-0.15, -0.1) is 0 Å². The van der Waals surface area contributed by atoms with Gasteiger partial charge in [0.1, 0.15) is 13.2 Å². The Morgan fingerprint density at radius 1 is 0.600 bits per heavy atom. The molecule has 0 aliphatic heterocycles. The summed E-state index contributed by atoms with van der Waals surface area (Å²) in [6.07, 6.45) is 20.5. The third kappa shape index (κ3) is 13.3. The molecule has 1 aliphatic carbocycles. The summed E-state index contributed by atoms with van der Waals surface area (Å²) in [7, 11) is 0. The fraction of sp³-hybridized carbons (Fsp3) is 0.923. The van der Waals surface area contributed by atoms with E-state index in [2.05, 4.69) is 13.8 Å². The maximum absolute atomic E-state index is 12.2. The zero-order valence-corrected chi connectivity index (χ0v) is 20.0. The second-order valence-corrected chi connectivity index (χ2v) is 9.42. The molecule has 1 fully saturated rings. The summed E-state index contributed by atoms with van der Waals surface area (Å²) in [5.41, 5.74) is -0.161. The molecule has 0 bridgehead atoms. The lowest BCUT2D eigenvalue weighted by Crippen LogP contribution is -2.36. The van der Waals surface area contributed by atoms with Crippen LogP contribution in [-0.2, 0) is 19.1 Å². The molecule has 0 aromatic heterocycles. The van der Waals surface area contributed by atoms with Gasteiger partial charge in [-0.05, 0) is 25.7 Å². The maximum Gasteiger partial charge on any atom is 0.305 e. The van der Waals surface area contributed by atoms with E-state index < -0.39 is 0 Å². The van der Waals surface area contributed by atoms with E-state index in [1.54, 1.807) is 0 Å². The van der Waals surface area contributed by atoms with Crippen LogP contribution in [0.5, 0.6) is 0 Å². The molecule has 176 valence electrons. The van der Waals surface area contributed by atoms with E-state index in [1.165, 1.54) is 57.8 Å². The molecule has 0 unspecified atom stereocenters. The van der Waals surface area contributed by atoms with Gasteiger partial charge in [-0.1, -0.05) is 97.3 Å². The first-order valence-corrected chi connectivity index (χ1v) is 12.9. The Hall–Kier alpha value is -1.06. The fourth-order valence-electron chi connectivity index (χ4n) is 4.34. The van der Waals surface area contributed by atoms with Gasteiger partial charge < -0.3 is 9.47 Å². The van der Waals surface area contributed by atoms with E-state index >= 15 is 0 Å². The normalized spacial score (nSPS) is 15.7. The average Bonchev–Trinajstić information content (AvgIpc) is 2.76. The number of carbonyl (C=O) groups is 2. The lowest BCUT2D eigenvalue weighted by molar-refractivity contribution is -0.156. The van der Waals surface area contributed by atoms with Gasteiger partial charge in [0.05, 0.1) is 0 Å². The van der Waals surface area contributed by atoms with Gasteiger partial charge in [-0.3, -0.25) is 9.59 Å². The van der Waals surface area contributed by atoms with E-state index in [0.29, 0.717) is 26.1 Å². The van der Waals surface area contributed by atoms with Crippen molar-refractivity contribution in [1.29, 1.82) is 0 Å². The first kappa shape index (κ1) is 27.0. The van der Waals surface area contributed by atoms with Crippen LogP contribution in [0.1, 0.15) is 136 Å². The van der Waals surface area contributed by atoms with Crippen LogP contribution in [0.4, 0.5) is 0 Å². The smallest absolute Gasteiger partial charge is 0.305 e. The van der Waals surface area contributed by atoms with Gasteiger partial charge in [-0.2, -0.15) is 0 Å². The van der Waals surface area contributed by atoms with Crippen LogP contribution in [-0.4, -0.2) is 25.2 Å². The molecule has 0 amide bonds. The van der Waals surface area contributed by atoms with Gasteiger partial charge in [0.15, 0.2) is 0 Å². The fourth-order valence-corrected chi connectivity index (χ4v) is 4.34. The van der Waals surface area contributed by atoms with Crippen LogP contribution < -0.4 is 0 Å². The lowest BCUT2D eigenvalue weighted by atomic mass is 9.75. The van der Waals surface area contributed by atoms with E-state index in [9.17, 15) is 9.59 Å². The third-order valence-electron chi connectivity index (χ3n) is 6.46. The molecule has 0 heterocycles. The van der Waals surface area contributed by atoms with Crippen molar-refractivity contribution in [3.8, 4) is 0 Å². The van der Waals surface area contributed by atoms with Gasteiger partial charge in [0, 0.05) is 18.3 Å². The zero-order chi connectivity index (χ0) is 21.9. The van der Waals surface area contributed by atoms with Crippen LogP contribution in [0.2, 0.25) is 0 Å². The molecule has 1 saturated carbocycles. The minimum Gasteiger partial charge on any atom is -0.465 e. The van der Waals surface area contributed by atoms with E-state index in [-0.39, 0.29) is 17.4 Å². The summed E-state index contributed by atoms with van der Waals surface area (Å²) in [5, 5.41) is 0. The Kier molecular flexibility index (Phi) is 15.8. The van der Waals surface area contributed by atoms with Gasteiger partial charge in [0.25, 0.3) is 0 Å². The molecule has 0 spiro atoms. The molecule has 0 radical (unpaired) electrons. The van der Waals surface area contributed by atoms with Gasteiger partial charge in [-0.25, -0.2) is 0 Å². The average molecular weight is 425 g/mol. The maximum atomic E-state index is 12.2. The van der Waals surface area contributed by atoms with Crippen molar-refractivity contribution in [2.45, 2.75) is 136 Å². The van der Waals surface area contributed by atoms with Crippen LogP contribution in [0.15, 0.2) is 0 Å². The predicted octanol–water partition coefficient (Wildman–Crippen LogP) is 7.52. The Bertz CT molecular complexity index is 406. The molecule has 0 N–H and O–H groups in total. The van der Waals surface area contributed by atoms with Crippen molar-refractivity contribution in [3.63, 3.8) is 0 Å². The monoisotopic (exact) mass is 424 g/mol. The highest BCUT2D eigenvalue weighted by Crippen LogP contribution is 2.37. The highest BCUT2D eigenvalue weighted by atomic mass is 16.5. The van der Waals surface area contributed by atoms with Crippen LogP contribution in [0.3, 0.4) is 0 Å². The second kappa shape index (κ2) is 17.6. The summed E-state index contributed by atoms with van der Waals surface area (Å²) in [6, 6.07) is 0. The standard InChI is InChI=1S/C26H48O4/c1-3-5-7-9-11-14-18-24(27)29-22-26(20-16-13-17-21-26)23-30-25(28)19-15-12-10-8-6-4-2/h3-23H2,1-2H3. The molecule has 4 nitrogen and oxygen atoms in total. The molecule has 1 aliphatic rings. The first-order valence-electron chi connectivity index (χ1n) is 12.9. The zero-order valence-electron chi connectivity index (χ0n) is 20.0. The largest absolute Gasteiger partial charge is 0.465 e. The van der Waals surface area contributed by atoms with Gasteiger partial charge >= 0.3 is 11.9 Å². The van der Waals surface area contributed by atoms with Crippen LogP contribution in [0.25, 0.3) is 0 Å². The van der Waals surface area contributed by atoms with Crippen LogP contribution >= 0.6 is 0 Å².